The molecule has 0 aliphatic heterocycles. The third-order valence-corrected chi connectivity index (χ3v) is 3.05. The number of nitrogens with two attached hydrogens (primary N) is 1. The first-order valence-corrected chi connectivity index (χ1v) is 4.78. The van der Waals surface area contributed by atoms with Gasteiger partial charge >= 0.3 is 29.6 Å². The van der Waals surface area contributed by atoms with Crippen LogP contribution in [0.1, 0.15) is 0 Å². The van der Waals surface area contributed by atoms with E-state index in [-0.39, 0.29) is 50.9 Å². The molecular formula is C7H17N2NaO5S. The van der Waals surface area contributed by atoms with E-state index in [4.69, 9.17) is 5.84 Å². The number of nitrogens with zero attached hydrogens (tertiary/aromatic N) is 1. The van der Waals surface area contributed by atoms with Crippen LogP contribution in [0.4, 0.5) is 0 Å². The molecule has 0 spiro atoms. The second kappa shape index (κ2) is 10.1. The van der Waals surface area contributed by atoms with Gasteiger partial charge in [0, 0.05) is 7.05 Å². The summed E-state index contributed by atoms with van der Waals surface area (Å²) in [6.07, 6.45) is 0. The van der Waals surface area contributed by atoms with Crippen molar-refractivity contribution in [2.24, 2.45) is 5.84 Å². The van der Waals surface area contributed by atoms with E-state index in [9.17, 15) is 8.42 Å². The van der Waals surface area contributed by atoms with Crippen molar-refractivity contribution < 1.29 is 24.8 Å². The van der Waals surface area contributed by atoms with Gasteiger partial charge in [0.25, 0.3) is 10.0 Å². The third kappa shape index (κ3) is 5.89. The summed E-state index contributed by atoms with van der Waals surface area (Å²) < 4.78 is 23.4. The van der Waals surface area contributed by atoms with Crippen molar-refractivity contribution in [2.45, 2.75) is 4.90 Å². The van der Waals surface area contributed by atoms with Gasteiger partial charge in [0.15, 0.2) is 0 Å². The summed E-state index contributed by atoms with van der Waals surface area (Å²) in [5, 5.41) is 0. The standard InChI is InChI=1S/C7H10N2O2S.Na.3H2O.H/c1-9(8)12(10,11)7-5-3-2-4-6-7;;;;;/h2-6H,8H2,1H3;;3*1H2;. The Morgan fingerprint density at radius 1 is 1.06 bits per heavy atom. The van der Waals surface area contributed by atoms with Crippen LogP contribution < -0.4 is 5.84 Å². The van der Waals surface area contributed by atoms with Crippen molar-refractivity contribution in [3.63, 3.8) is 0 Å². The van der Waals surface area contributed by atoms with Crippen molar-refractivity contribution in [3.05, 3.63) is 30.3 Å². The number of hydrogen-bond acceptors (Lipinski definition) is 3. The predicted molar refractivity (Wildman–Crippen MR) is 63.6 cm³/mol. The Morgan fingerprint density at radius 2 is 1.44 bits per heavy atom. The number of rotatable bonds is 2. The van der Waals surface area contributed by atoms with E-state index in [0.717, 1.165) is 0 Å². The fourth-order valence-electron chi connectivity index (χ4n) is 0.759. The Labute approximate surface area is 116 Å². The molecular weight excluding hydrogens is 247 g/mol. The molecule has 1 aromatic rings. The van der Waals surface area contributed by atoms with Crippen molar-refractivity contribution in [1.29, 1.82) is 0 Å². The van der Waals surface area contributed by atoms with E-state index in [1.165, 1.54) is 19.2 Å². The number of hydrogen-bond donors (Lipinski definition) is 1. The molecule has 0 saturated heterocycles. The maximum absolute atomic E-state index is 11.3. The normalized spacial score (nSPS) is 8.94. The average Bonchev–Trinajstić information content (AvgIpc) is 2.06. The Morgan fingerprint density at radius 3 is 1.75 bits per heavy atom. The second-order valence-electron chi connectivity index (χ2n) is 2.33. The topological polar surface area (TPSA) is 158 Å². The SMILES string of the molecule is CN(N)S(=O)(=O)c1ccccc1.O.O.O.[NaH]. The Hall–Kier alpha value is -0.0300. The van der Waals surface area contributed by atoms with Crippen molar-refractivity contribution in [2.75, 3.05) is 7.05 Å². The molecule has 0 atom stereocenters. The first-order chi connectivity index (χ1) is 5.55. The number of sulfonamides is 1. The van der Waals surface area contributed by atoms with Gasteiger partial charge in [-0.3, -0.25) is 5.84 Å². The van der Waals surface area contributed by atoms with E-state index in [1.807, 2.05) is 0 Å². The first-order valence-electron chi connectivity index (χ1n) is 3.34. The van der Waals surface area contributed by atoms with Crippen LogP contribution >= 0.6 is 0 Å². The predicted octanol–water partition coefficient (Wildman–Crippen LogP) is -2.94. The van der Waals surface area contributed by atoms with Gasteiger partial charge in [0.05, 0.1) is 4.90 Å². The second-order valence-corrected chi connectivity index (χ2v) is 4.33. The summed E-state index contributed by atoms with van der Waals surface area (Å²) >= 11 is 0. The van der Waals surface area contributed by atoms with Gasteiger partial charge in [-0.2, -0.15) is 0 Å². The van der Waals surface area contributed by atoms with Crippen LogP contribution in [0.5, 0.6) is 0 Å². The van der Waals surface area contributed by atoms with Gasteiger partial charge in [0.1, 0.15) is 0 Å². The van der Waals surface area contributed by atoms with E-state index in [1.54, 1.807) is 18.2 Å². The van der Waals surface area contributed by atoms with Gasteiger partial charge in [-0.1, -0.05) is 18.2 Å². The molecule has 0 aromatic heterocycles. The molecule has 0 aliphatic rings. The van der Waals surface area contributed by atoms with Crippen LogP contribution in [0.2, 0.25) is 0 Å². The van der Waals surface area contributed by atoms with Gasteiger partial charge < -0.3 is 16.4 Å². The minimum atomic E-state index is -3.47. The van der Waals surface area contributed by atoms with Crippen LogP contribution in [0, 0.1) is 0 Å². The van der Waals surface area contributed by atoms with Crippen molar-refractivity contribution in [1.82, 2.24) is 4.41 Å². The molecule has 0 aliphatic carbocycles. The maximum atomic E-state index is 11.3. The minimum absolute atomic E-state index is 0. The van der Waals surface area contributed by atoms with Crippen molar-refractivity contribution in [3.8, 4) is 0 Å². The zero-order valence-corrected chi connectivity index (χ0v) is 8.95. The summed E-state index contributed by atoms with van der Waals surface area (Å²) in [5.74, 6) is 5.15. The summed E-state index contributed by atoms with van der Waals surface area (Å²) in [6, 6.07) is 8.04. The molecule has 16 heavy (non-hydrogen) atoms. The molecule has 1 rings (SSSR count). The summed E-state index contributed by atoms with van der Waals surface area (Å²) in [7, 11) is -2.17. The molecule has 0 amide bonds. The van der Waals surface area contributed by atoms with E-state index >= 15 is 0 Å². The van der Waals surface area contributed by atoms with Crippen LogP contribution in [0.15, 0.2) is 35.2 Å². The van der Waals surface area contributed by atoms with Crippen LogP contribution in [0.25, 0.3) is 0 Å². The van der Waals surface area contributed by atoms with Gasteiger partial charge in [-0.05, 0) is 12.1 Å². The summed E-state index contributed by atoms with van der Waals surface area (Å²) in [5.41, 5.74) is 0. The van der Waals surface area contributed by atoms with Gasteiger partial charge in [-0.15, -0.1) is 4.41 Å². The molecule has 0 heterocycles. The van der Waals surface area contributed by atoms with E-state index in [2.05, 4.69) is 0 Å². The molecule has 1 aromatic carbocycles. The number of benzene rings is 1. The average molecular weight is 264 g/mol. The molecule has 0 unspecified atom stereocenters. The number of hydrazine groups is 1. The Balaban J connectivity index is -0.000000180. The van der Waals surface area contributed by atoms with Gasteiger partial charge in [0.2, 0.25) is 0 Å². The third-order valence-electron chi connectivity index (χ3n) is 1.42. The fraction of sp³-hybridized carbons (Fsp3) is 0.143. The quantitative estimate of drug-likeness (QED) is 0.344. The molecule has 8 N–H and O–H groups in total. The zero-order chi connectivity index (χ0) is 9.19. The monoisotopic (exact) mass is 264 g/mol. The summed E-state index contributed by atoms with van der Waals surface area (Å²) in [6.45, 7) is 0. The molecule has 0 radical (unpaired) electrons. The molecule has 7 nitrogen and oxygen atoms in total. The first kappa shape index (κ1) is 25.0. The molecule has 0 bridgehead atoms. The summed E-state index contributed by atoms with van der Waals surface area (Å²) in [4.78, 5) is 0.204. The molecule has 0 fully saturated rings. The Bertz CT molecular complexity index is 356. The molecule has 92 valence electrons. The fourth-order valence-corrected chi connectivity index (χ4v) is 1.59. The zero-order valence-electron chi connectivity index (χ0n) is 8.14. The van der Waals surface area contributed by atoms with Crippen LogP contribution in [-0.2, 0) is 10.0 Å². The van der Waals surface area contributed by atoms with Crippen LogP contribution in [0.3, 0.4) is 0 Å². The molecule has 0 saturated carbocycles. The van der Waals surface area contributed by atoms with E-state index in [0.29, 0.717) is 4.41 Å². The molecule has 9 heteroatoms. The van der Waals surface area contributed by atoms with E-state index < -0.39 is 10.0 Å². The Kier molecular flexibility index (Phi) is 15.8. The van der Waals surface area contributed by atoms with Crippen molar-refractivity contribution >= 4 is 39.6 Å². The van der Waals surface area contributed by atoms with Crippen LogP contribution in [-0.4, -0.2) is 65.9 Å². The van der Waals surface area contributed by atoms with Gasteiger partial charge in [-0.25, -0.2) is 8.42 Å².